The van der Waals surface area contributed by atoms with E-state index in [9.17, 15) is 9.59 Å². The zero-order valence-corrected chi connectivity index (χ0v) is 14.4. The van der Waals surface area contributed by atoms with Crippen LogP contribution in [0.4, 0.5) is 5.13 Å². The van der Waals surface area contributed by atoms with Gasteiger partial charge in [-0.05, 0) is 31.0 Å². The number of aromatic nitrogens is 1. The molecule has 0 aliphatic rings. The molecule has 1 amide bonds. The fraction of sp³-hybridized carbons (Fsp3) is 0.294. The second-order valence-corrected chi connectivity index (χ2v) is 6.57. The Hall–Kier alpha value is -2.72. The predicted molar refractivity (Wildman–Crippen MR) is 91.1 cm³/mol. The number of thiazole rings is 1. The van der Waals surface area contributed by atoms with Crippen molar-refractivity contribution in [2.45, 2.75) is 20.8 Å². The molecule has 0 atom stereocenters. The first-order valence-corrected chi connectivity index (χ1v) is 8.18. The first kappa shape index (κ1) is 17.6. The number of amides is 1. The van der Waals surface area contributed by atoms with Crippen LogP contribution in [0.15, 0.2) is 24.3 Å². The van der Waals surface area contributed by atoms with Crippen LogP contribution in [0.3, 0.4) is 0 Å². The lowest BCUT2D eigenvalue weighted by molar-refractivity contribution is 0.0463. The number of benzene rings is 1. The van der Waals surface area contributed by atoms with E-state index in [0.29, 0.717) is 33.4 Å². The van der Waals surface area contributed by atoms with Gasteiger partial charge in [0.15, 0.2) is 5.13 Å². The number of anilines is 1. The third kappa shape index (κ3) is 4.40. The van der Waals surface area contributed by atoms with E-state index in [0.717, 1.165) is 11.3 Å². The summed E-state index contributed by atoms with van der Waals surface area (Å²) in [5, 5.41) is 11.8. The van der Waals surface area contributed by atoms with Gasteiger partial charge in [-0.25, -0.2) is 9.78 Å². The quantitative estimate of drug-likeness (QED) is 0.840. The van der Waals surface area contributed by atoms with Gasteiger partial charge >= 0.3 is 5.97 Å². The van der Waals surface area contributed by atoms with Crippen LogP contribution in [0, 0.1) is 24.2 Å². The molecule has 6 nitrogen and oxygen atoms in total. The molecule has 0 spiro atoms. The number of carbonyl (C=O) groups excluding carboxylic acids is 2. The van der Waals surface area contributed by atoms with E-state index in [4.69, 9.17) is 10.00 Å². The number of rotatable bonds is 5. The Kier molecular flexibility index (Phi) is 5.66. The second kappa shape index (κ2) is 7.70. The third-order valence-corrected chi connectivity index (χ3v) is 4.06. The lowest BCUT2D eigenvalue weighted by atomic mass is 10.1. The molecule has 1 aromatic heterocycles. The van der Waals surface area contributed by atoms with E-state index >= 15 is 0 Å². The van der Waals surface area contributed by atoms with Crippen LogP contribution in [0.5, 0.6) is 0 Å². The number of carbonyl (C=O) groups is 2. The molecule has 1 heterocycles. The largest absolute Gasteiger partial charge is 0.461 e. The summed E-state index contributed by atoms with van der Waals surface area (Å²) in [5.41, 5.74) is 1.26. The second-order valence-electron chi connectivity index (χ2n) is 5.57. The summed E-state index contributed by atoms with van der Waals surface area (Å²) in [7, 11) is 0. The van der Waals surface area contributed by atoms with Crippen molar-refractivity contribution < 1.29 is 14.3 Å². The van der Waals surface area contributed by atoms with Gasteiger partial charge in [0.25, 0.3) is 5.91 Å². The molecule has 124 valence electrons. The number of hydrogen-bond acceptors (Lipinski definition) is 6. The van der Waals surface area contributed by atoms with E-state index in [1.807, 2.05) is 19.9 Å². The Morgan fingerprint density at radius 3 is 2.83 bits per heavy atom. The summed E-state index contributed by atoms with van der Waals surface area (Å²) in [5.74, 6) is -0.581. The van der Waals surface area contributed by atoms with E-state index in [1.165, 1.54) is 6.07 Å². The zero-order valence-electron chi connectivity index (χ0n) is 13.6. The molecule has 0 aliphatic carbocycles. The summed E-state index contributed by atoms with van der Waals surface area (Å²) < 4.78 is 5.19. The molecular weight excluding hydrogens is 326 g/mol. The predicted octanol–water partition coefficient (Wildman–Crippen LogP) is 3.39. The molecule has 1 aromatic carbocycles. The Balaban J connectivity index is 2.10. The van der Waals surface area contributed by atoms with Crippen LogP contribution in [0.25, 0.3) is 0 Å². The molecule has 1 N–H and O–H groups in total. The Morgan fingerprint density at radius 1 is 1.42 bits per heavy atom. The zero-order chi connectivity index (χ0) is 17.7. The van der Waals surface area contributed by atoms with Crippen LogP contribution in [0.1, 0.15) is 45.1 Å². The molecule has 7 heteroatoms. The number of nitriles is 1. The molecule has 0 unspecified atom stereocenters. The van der Waals surface area contributed by atoms with Gasteiger partial charge in [-0.1, -0.05) is 31.3 Å². The summed E-state index contributed by atoms with van der Waals surface area (Å²) in [6.07, 6.45) is 0. The van der Waals surface area contributed by atoms with Crippen molar-refractivity contribution >= 4 is 28.3 Å². The minimum Gasteiger partial charge on any atom is -0.461 e. The van der Waals surface area contributed by atoms with Gasteiger partial charge in [0.05, 0.1) is 23.9 Å². The van der Waals surface area contributed by atoms with Crippen LogP contribution in [-0.4, -0.2) is 23.5 Å². The van der Waals surface area contributed by atoms with Crippen LogP contribution in [-0.2, 0) is 4.74 Å². The fourth-order valence-corrected chi connectivity index (χ4v) is 2.70. The summed E-state index contributed by atoms with van der Waals surface area (Å²) in [4.78, 5) is 28.8. The van der Waals surface area contributed by atoms with Crippen molar-refractivity contribution in [2.24, 2.45) is 5.92 Å². The number of ether oxygens (including phenoxy) is 1. The average Bonchev–Trinajstić information content (AvgIpc) is 2.93. The standard InChI is InChI=1S/C17H17N3O3S/c1-10(2)9-23-16(22)14-11(3)19-17(24-14)20-15(21)13-6-4-5-12(7-13)8-18/h4-7,10H,9H2,1-3H3,(H,19,20,21). The molecule has 24 heavy (non-hydrogen) atoms. The van der Waals surface area contributed by atoms with Crippen molar-refractivity contribution in [3.8, 4) is 6.07 Å². The Labute approximate surface area is 144 Å². The summed E-state index contributed by atoms with van der Waals surface area (Å²) >= 11 is 1.07. The average molecular weight is 343 g/mol. The third-order valence-electron chi connectivity index (χ3n) is 3.00. The van der Waals surface area contributed by atoms with Crippen LogP contribution in [0.2, 0.25) is 0 Å². The molecule has 0 radical (unpaired) electrons. The molecule has 0 saturated heterocycles. The van der Waals surface area contributed by atoms with Crippen molar-refractivity contribution in [3.63, 3.8) is 0 Å². The van der Waals surface area contributed by atoms with E-state index in [2.05, 4.69) is 10.3 Å². The Bertz CT molecular complexity index is 806. The van der Waals surface area contributed by atoms with Crippen molar-refractivity contribution in [1.29, 1.82) is 5.26 Å². The number of nitrogens with one attached hydrogen (secondary N) is 1. The molecular formula is C17H17N3O3S. The number of esters is 1. The number of aryl methyl sites for hydroxylation is 1. The normalized spacial score (nSPS) is 10.3. The van der Waals surface area contributed by atoms with Crippen molar-refractivity contribution in [2.75, 3.05) is 11.9 Å². The maximum absolute atomic E-state index is 12.2. The highest BCUT2D eigenvalue weighted by Gasteiger charge is 2.18. The Morgan fingerprint density at radius 2 is 2.17 bits per heavy atom. The summed E-state index contributed by atoms with van der Waals surface area (Å²) in [6.45, 7) is 5.93. The van der Waals surface area contributed by atoms with Crippen molar-refractivity contribution in [1.82, 2.24) is 4.98 Å². The minimum absolute atomic E-state index is 0.244. The minimum atomic E-state index is -0.439. The van der Waals surface area contributed by atoms with E-state index < -0.39 is 5.97 Å². The SMILES string of the molecule is Cc1nc(NC(=O)c2cccc(C#N)c2)sc1C(=O)OCC(C)C. The van der Waals surface area contributed by atoms with Gasteiger partial charge in [-0.15, -0.1) is 0 Å². The smallest absolute Gasteiger partial charge is 0.350 e. The monoisotopic (exact) mass is 343 g/mol. The van der Waals surface area contributed by atoms with Gasteiger partial charge in [-0.3, -0.25) is 10.1 Å². The van der Waals surface area contributed by atoms with Gasteiger partial charge in [-0.2, -0.15) is 5.26 Å². The highest BCUT2D eigenvalue weighted by molar-refractivity contribution is 7.17. The molecule has 0 fully saturated rings. The van der Waals surface area contributed by atoms with E-state index in [1.54, 1.807) is 25.1 Å². The number of hydrogen-bond donors (Lipinski definition) is 1. The molecule has 0 aliphatic heterocycles. The highest BCUT2D eigenvalue weighted by Crippen LogP contribution is 2.24. The topological polar surface area (TPSA) is 92.1 Å². The lowest BCUT2D eigenvalue weighted by Gasteiger charge is -2.05. The molecule has 0 bridgehead atoms. The summed E-state index contributed by atoms with van der Waals surface area (Å²) in [6, 6.07) is 8.33. The molecule has 0 saturated carbocycles. The first-order chi connectivity index (χ1) is 11.4. The van der Waals surface area contributed by atoms with Gasteiger partial charge in [0.1, 0.15) is 4.88 Å². The fourth-order valence-electron chi connectivity index (χ4n) is 1.85. The van der Waals surface area contributed by atoms with Gasteiger partial charge in [0.2, 0.25) is 0 Å². The van der Waals surface area contributed by atoms with Crippen molar-refractivity contribution in [3.05, 3.63) is 46.0 Å². The van der Waals surface area contributed by atoms with Gasteiger partial charge in [0, 0.05) is 5.56 Å². The lowest BCUT2D eigenvalue weighted by Crippen LogP contribution is -2.11. The number of nitrogens with zero attached hydrogens (tertiary/aromatic N) is 2. The molecule has 2 aromatic rings. The highest BCUT2D eigenvalue weighted by atomic mass is 32.1. The maximum Gasteiger partial charge on any atom is 0.350 e. The van der Waals surface area contributed by atoms with Gasteiger partial charge < -0.3 is 4.74 Å². The molecule has 2 rings (SSSR count). The van der Waals surface area contributed by atoms with E-state index in [-0.39, 0.29) is 11.8 Å². The van der Waals surface area contributed by atoms with Crippen LogP contribution < -0.4 is 5.32 Å². The first-order valence-electron chi connectivity index (χ1n) is 7.36. The van der Waals surface area contributed by atoms with Crippen LogP contribution >= 0.6 is 11.3 Å². The maximum atomic E-state index is 12.2.